The predicted molar refractivity (Wildman–Crippen MR) is 122 cm³/mol. The number of hydrogen-bond donors (Lipinski definition) is 2. The van der Waals surface area contributed by atoms with E-state index in [0.29, 0.717) is 45.8 Å². The van der Waals surface area contributed by atoms with Gasteiger partial charge in [-0.2, -0.15) is 0 Å². The number of ether oxygens (including phenoxy) is 1. The first-order valence-electron chi connectivity index (χ1n) is 10.2. The van der Waals surface area contributed by atoms with Crippen molar-refractivity contribution in [3.8, 4) is 11.5 Å². The number of anilines is 1. The summed E-state index contributed by atoms with van der Waals surface area (Å²) in [6, 6.07) is 10.6. The Hall–Kier alpha value is -2.96. The number of fused-ring (bicyclic) bond motifs is 1. The van der Waals surface area contributed by atoms with Crippen LogP contribution in [0.4, 0.5) is 5.88 Å². The molecular formula is C24H20Cl2N2O4. The average molecular weight is 471 g/mol. The molecule has 8 heteroatoms. The minimum absolute atomic E-state index is 0.0399. The van der Waals surface area contributed by atoms with Crippen LogP contribution >= 0.6 is 23.2 Å². The van der Waals surface area contributed by atoms with Crippen LogP contribution in [0.15, 0.2) is 52.2 Å². The number of carbonyl (C=O) groups excluding carboxylic acids is 1. The molecule has 0 unspecified atom stereocenters. The Balaban J connectivity index is 1.60. The Morgan fingerprint density at radius 3 is 2.66 bits per heavy atom. The maximum atomic E-state index is 13.5. The molecule has 164 valence electrons. The molecule has 1 aromatic heterocycles. The third kappa shape index (κ3) is 3.34. The Morgan fingerprint density at radius 2 is 1.91 bits per heavy atom. The lowest BCUT2D eigenvalue weighted by atomic mass is 9.72. The number of ketones is 1. The molecule has 2 aliphatic rings. The lowest BCUT2D eigenvalue weighted by Gasteiger charge is -2.34. The Morgan fingerprint density at radius 1 is 1.12 bits per heavy atom. The van der Waals surface area contributed by atoms with E-state index < -0.39 is 0 Å². The van der Waals surface area contributed by atoms with Crippen LogP contribution in [0, 0.1) is 6.92 Å². The van der Waals surface area contributed by atoms with Gasteiger partial charge in [0, 0.05) is 23.6 Å². The first-order chi connectivity index (χ1) is 15.4. The summed E-state index contributed by atoms with van der Waals surface area (Å²) in [5, 5.41) is 18.3. The van der Waals surface area contributed by atoms with Crippen LogP contribution in [0.3, 0.4) is 0 Å². The molecule has 3 aromatic rings. The normalized spacial score (nSPS) is 19.9. The second kappa shape index (κ2) is 7.87. The van der Waals surface area contributed by atoms with Gasteiger partial charge in [-0.25, -0.2) is 0 Å². The molecule has 1 aliphatic heterocycles. The first-order valence-corrected chi connectivity index (χ1v) is 10.9. The number of phenols is 1. The molecule has 32 heavy (non-hydrogen) atoms. The van der Waals surface area contributed by atoms with Crippen LogP contribution in [-0.2, 0) is 4.79 Å². The summed E-state index contributed by atoms with van der Waals surface area (Å²) in [5.41, 5.74) is 4.83. The topological polar surface area (TPSA) is 84.6 Å². The van der Waals surface area contributed by atoms with E-state index in [1.807, 2.05) is 19.1 Å². The van der Waals surface area contributed by atoms with Gasteiger partial charge < -0.3 is 19.7 Å². The van der Waals surface area contributed by atoms with Crippen molar-refractivity contribution in [3.05, 3.63) is 80.1 Å². The largest absolute Gasteiger partial charge is 0.504 e. The van der Waals surface area contributed by atoms with Gasteiger partial charge in [0.2, 0.25) is 5.88 Å². The first kappa shape index (κ1) is 20.9. The zero-order chi connectivity index (χ0) is 22.6. The molecule has 5 rings (SSSR count). The number of methoxy groups -OCH3 is 1. The highest BCUT2D eigenvalue weighted by Crippen LogP contribution is 2.50. The van der Waals surface area contributed by atoms with Crippen molar-refractivity contribution in [2.45, 2.75) is 31.6 Å². The van der Waals surface area contributed by atoms with Crippen LogP contribution < -0.4 is 10.1 Å². The summed E-state index contributed by atoms with van der Waals surface area (Å²) in [7, 11) is 1.50. The number of allylic oxidation sites excluding steroid dienone is 2. The van der Waals surface area contributed by atoms with Gasteiger partial charge in [-0.1, -0.05) is 40.5 Å². The number of aromatic nitrogens is 1. The number of halogens is 2. The molecule has 2 heterocycles. The zero-order valence-electron chi connectivity index (χ0n) is 17.4. The summed E-state index contributed by atoms with van der Waals surface area (Å²) < 4.78 is 10.8. The monoisotopic (exact) mass is 470 g/mol. The summed E-state index contributed by atoms with van der Waals surface area (Å²) in [6.07, 6.45) is 0.942. The van der Waals surface area contributed by atoms with Gasteiger partial charge in [0.25, 0.3) is 0 Å². The van der Waals surface area contributed by atoms with Gasteiger partial charge in [-0.15, -0.1) is 0 Å². The number of Topliss-reactive ketones (excluding diaryl/α,β-unsaturated/α-hetero) is 1. The van der Waals surface area contributed by atoms with Gasteiger partial charge in [-0.3, -0.25) is 4.79 Å². The smallest absolute Gasteiger partial charge is 0.233 e. The lowest BCUT2D eigenvalue weighted by Crippen LogP contribution is -2.29. The van der Waals surface area contributed by atoms with Gasteiger partial charge in [0.15, 0.2) is 17.3 Å². The van der Waals surface area contributed by atoms with E-state index >= 15 is 0 Å². The van der Waals surface area contributed by atoms with Crippen LogP contribution in [-0.4, -0.2) is 23.2 Å². The van der Waals surface area contributed by atoms with E-state index in [-0.39, 0.29) is 23.4 Å². The highest BCUT2D eigenvalue weighted by atomic mass is 35.5. The number of rotatable bonds is 3. The van der Waals surface area contributed by atoms with Crippen molar-refractivity contribution >= 4 is 34.9 Å². The standard InChI is InChI=1S/C24H20Cl2N2O4/c1-11-21-22(13-3-5-15(25)16(26)7-13)23-17(27-24(21)32-28-11)8-14(9-19(23)30)12-4-6-18(29)20(10-12)31-2/h3-7,10,14,22,27,29H,8-9H2,1-2H3/t14-,22-/m0/s1. The summed E-state index contributed by atoms with van der Waals surface area (Å²) in [5.74, 6) is 0.615. The molecule has 2 atom stereocenters. The van der Waals surface area contributed by atoms with Gasteiger partial charge in [0.1, 0.15) is 0 Å². The molecule has 0 fully saturated rings. The van der Waals surface area contributed by atoms with Crippen molar-refractivity contribution in [2.75, 3.05) is 12.4 Å². The molecular weight excluding hydrogens is 451 g/mol. The molecule has 0 spiro atoms. The van der Waals surface area contributed by atoms with Crippen molar-refractivity contribution < 1.29 is 19.2 Å². The predicted octanol–water partition coefficient (Wildman–Crippen LogP) is 5.96. The molecule has 1 aliphatic carbocycles. The van der Waals surface area contributed by atoms with Crippen molar-refractivity contribution in [2.24, 2.45) is 0 Å². The quantitative estimate of drug-likeness (QED) is 0.490. The number of benzene rings is 2. The van der Waals surface area contributed by atoms with Crippen LogP contribution in [0.2, 0.25) is 10.0 Å². The van der Waals surface area contributed by atoms with E-state index in [4.69, 9.17) is 32.5 Å². The number of phenolic OH excluding ortho intramolecular Hbond substituents is 1. The third-order valence-corrected chi connectivity index (χ3v) is 6.95. The maximum Gasteiger partial charge on any atom is 0.233 e. The number of nitrogens with one attached hydrogen (secondary N) is 1. The summed E-state index contributed by atoms with van der Waals surface area (Å²) in [4.78, 5) is 13.5. The number of nitrogens with zero attached hydrogens (tertiary/aromatic N) is 1. The average Bonchev–Trinajstić information content (AvgIpc) is 3.14. The fraction of sp³-hybridized carbons (Fsp3) is 0.250. The molecule has 0 amide bonds. The minimum atomic E-state index is -0.343. The summed E-state index contributed by atoms with van der Waals surface area (Å²) >= 11 is 12.4. The number of carbonyl (C=O) groups is 1. The highest BCUT2D eigenvalue weighted by Gasteiger charge is 2.41. The highest BCUT2D eigenvalue weighted by molar-refractivity contribution is 6.42. The van der Waals surface area contributed by atoms with E-state index in [0.717, 1.165) is 22.4 Å². The van der Waals surface area contributed by atoms with Gasteiger partial charge >= 0.3 is 0 Å². The Bertz CT molecular complexity index is 1280. The number of aryl methyl sites for hydroxylation is 1. The molecule has 0 radical (unpaired) electrons. The van der Waals surface area contributed by atoms with Crippen molar-refractivity contribution in [1.82, 2.24) is 5.16 Å². The number of hydrogen-bond acceptors (Lipinski definition) is 6. The molecule has 0 saturated carbocycles. The van der Waals surface area contributed by atoms with Crippen LogP contribution in [0.25, 0.3) is 0 Å². The second-order valence-corrected chi connectivity index (χ2v) is 8.91. The fourth-order valence-electron chi connectivity index (χ4n) is 4.68. The molecule has 0 bridgehead atoms. The molecule has 0 saturated heterocycles. The Kier molecular flexibility index (Phi) is 5.14. The van der Waals surface area contributed by atoms with Gasteiger partial charge in [-0.05, 0) is 54.7 Å². The minimum Gasteiger partial charge on any atom is -0.504 e. The number of aromatic hydroxyl groups is 1. The Labute approximate surface area is 194 Å². The van der Waals surface area contributed by atoms with E-state index in [2.05, 4.69) is 10.5 Å². The van der Waals surface area contributed by atoms with E-state index in [9.17, 15) is 9.90 Å². The second-order valence-electron chi connectivity index (χ2n) is 8.09. The van der Waals surface area contributed by atoms with Crippen LogP contribution in [0.5, 0.6) is 11.5 Å². The lowest BCUT2D eigenvalue weighted by molar-refractivity contribution is -0.116. The molecule has 2 aromatic carbocycles. The summed E-state index contributed by atoms with van der Waals surface area (Å²) in [6.45, 7) is 1.86. The van der Waals surface area contributed by atoms with Crippen molar-refractivity contribution in [1.29, 1.82) is 0 Å². The van der Waals surface area contributed by atoms with E-state index in [1.165, 1.54) is 7.11 Å². The SMILES string of the molecule is COc1cc([C@@H]2CC(=O)C3=C(C2)Nc2onc(C)c2[C@@H]3c2ccc(Cl)c(Cl)c2)ccc1O. The van der Waals surface area contributed by atoms with Crippen LogP contribution in [0.1, 0.15) is 47.1 Å². The molecule has 2 N–H and O–H groups in total. The van der Waals surface area contributed by atoms with E-state index in [1.54, 1.807) is 24.3 Å². The third-order valence-electron chi connectivity index (χ3n) is 6.21. The molecule has 6 nitrogen and oxygen atoms in total. The maximum absolute atomic E-state index is 13.5. The van der Waals surface area contributed by atoms with Crippen molar-refractivity contribution in [3.63, 3.8) is 0 Å². The van der Waals surface area contributed by atoms with Gasteiger partial charge in [0.05, 0.1) is 28.4 Å². The zero-order valence-corrected chi connectivity index (χ0v) is 18.9. The fourth-order valence-corrected chi connectivity index (χ4v) is 4.99.